The van der Waals surface area contributed by atoms with E-state index in [0.717, 1.165) is 24.2 Å². The van der Waals surface area contributed by atoms with Gasteiger partial charge in [-0.15, -0.1) is 0 Å². The second-order valence-corrected chi connectivity index (χ2v) is 16.3. The molecule has 0 aliphatic carbocycles. The van der Waals surface area contributed by atoms with E-state index in [-0.39, 0.29) is 16.5 Å². The molecule has 2 aromatic rings. The van der Waals surface area contributed by atoms with E-state index in [4.69, 9.17) is 9.98 Å². The SMILES string of the molecule is CCCCCCCCCCCCCCCCCCCCCCCCCCCC(=N\c1ccc(C)c(C)c1)/C(CCCCC)=N/c1ccc(C)c(C)c1.[Ni]. The van der Waals surface area contributed by atoms with Gasteiger partial charge in [0.25, 0.3) is 0 Å². The molecule has 0 unspecified atom stereocenters. The number of nitrogens with zero attached hydrogens (tertiary/aromatic N) is 2. The van der Waals surface area contributed by atoms with Crippen LogP contribution in [0, 0.1) is 27.7 Å². The molecular weight excluding hydrogens is 687 g/mol. The summed E-state index contributed by atoms with van der Waals surface area (Å²) in [6, 6.07) is 13.3. The van der Waals surface area contributed by atoms with Crippen LogP contribution in [0.25, 0.3) is 0 Å². The molecule has 0 atom stereocenters. The second-order valence-electron chi connectivity index (χ2n) is 16.3. The molecule has 304 valence electrons. The van der Waals surface area contributed by atoms with Gasteiger partial charge < -0.3 is 0 Å². The van der Waals surface area contributed by atoms with Gasteiger partial charge in [-0.05, 0) is 99.9 Å². The van der Waals surface area contributed by atoms with E-state index >= 15 is 0 Å². The summed E-state index contributed by atoms with van der Waals surface area (Å²) in [5.41, 5.74) is 9.80. The molecule has 2 rings (SSSR count). The maximum absolute atomic E-state index is 5.29. The van der Waals surface area contributed by atoms with E-state index in [9.17, 15) is 0 Å². The number of benzene rings is 2. The molecule has 0 bridgehead atoms. The maximum atomic E-state index is 5.29. The third-order valence-corrected chi connectivity index (χ3v) is 11.4. The fourth-order valence-corrected chi connectivity index (χ4v) is 7.41. The molecule has 0 radical (unpaired) electrons. The van der Waals surface area contributed by atoms with E-state index in [1.165, 1.54) is 213 Å². The van der Waals surface area contributed by atoms with E-state index < -0.39 is 0 Å². The summed E-state index contributed by atoms with van der Waals surface area (Å²) in [6.45, 7) is 13.3. The fourth-order valence-electron chi connectivity index (χ4n) is 7.41. The van der Waals surface area contributed by atoms with Crippen LogP contribution in [-0.2, 0) is 16.5 Å². The van der Waals surface area contributed by atoms with Gasteiger partial charge in [0.1, 0.15) is 0 Å². The summed E-state index contributed by atoms with van der Waals surface area (Å²) in [6.07, 6.45) is 41.4. The van der Waals surface area contributed by atoms with Crippen LogP contribution in [0.2, 0.25) is 0 Å². The zero-order valence-corrected chi connectivity index (χ0v) is 36.9. The zero-order valence-electron chi connectivity index (χ0n) is 35.9. The van der Waals surface area contributed by atoms with Crippen molar-refractivity contribution in [2.24, 2.45) is 9.98 Å². The number of aryl methyl sites for hydroxylation is 4. The van der Waals surface area contributed by atoms with Crippen LogP contribution >= 0.6 is 0 Å². The number of hydrogen-bond donors (Lipinski definition) is 0. The number of aliphatic imine (C=N–C) groups is 2. The zero-order chi connectivity index (χ0) is 37.5. The Bertz CT molecular complexity index is 1230. The van der Waals surface area contributed by atoms with Crippen LogP contribution in [-0.4, -0.2) is 11.4 Å². The molecule has 0 N–H and O–H groups in total. The predicted molar refractivity (Wildman–Crippen MR) is 236 cm³/mol. The van der Waals surface area contributed by atoms with Crippen molar-refractivity contribution in [1.82, 2.24) is 0 Å². The minimum Gasteiger partial charge on any atom is -0.252 e. The first-order valence-corrected chi connectivity index (χ1v) is 22.7. The van der Waals surface area contributed by atoms with Crippen molar-refractivity contribution >= 4 is 22.8 Å². The average Bonchev–Trinajstić information content (AvgIpc) is 3.13. The first-order chi connectivity index (χ1) is 25.4. The average molecular weight is 772 g/mol. The molecule has 0 aliphatic heterocycles. The fraction of sp³-hybridized carbons (Fsp3) is 0.720. The van der Waals surface area contributed by atoms with E-state index in [1.807, 2.05) is 0 Å². The van der Waals surface area contributed by atoms with Gasteiger partial charge in [0.05, 0.1) is 22.8 Å². The normalized spacial score (nSPS) is 12.0. The Balaban J connectivity index is 0.0000140. The first-order valence-electron chi connectivity index (χ1n) is 22.7. The van der Waals surface area contributed by atoms with Crippen LogP contribution in [0.15, 0.2) is 46.4 Å². The Morgan fingerprint density at radius 2 is 0.585 bits per heavy atom. The van der Waals surface area contributed by atoms with Crippen LogP contribution in [0.4, 0.5) is 11.4 Å². The molecule has 0 aromatic heterocycles. The third-order valence-electron chi connectivity index (χ3n) is 11.4. The molecule has 53 heavy (non-hydrogen) atoms. The Kier molecular flexibility index (Phi) is 31.2. The minimum absolute atomic E-state index is 0. The number of hydrogen-bond acceptors (Lipinski definition) is 2. The summed E-state index contributed by atoms with van der Waals surface area (Å²) in [5, 5.41) is 0. The van der Waals surface area contributed by atoms with Gasteiger partial charge in [-0.3, -0.25) is 9.98 Å². The smallest absolute Gasteiger partial charge is 0.0636 e. The monoisotopic (exact) mass is 771 g/mol. The Hall–Kier alpha value is -1.73. The molecule has 0 spiro atoms. The van der Waals surface area contributed by atoms with Gasteiger partial charge in [0, 0.05) is 16.5 Å². The van der Waals surface area contributed by atoms with Crippen molar-refractivity contribution < 1.29 is 16.5 Å². The van der Waals surface area contributed by atoms with Crippen molar-refractivity contribution in [1.29, 1.82) is 0 Å². The topological polar surface area (TPSA) is 24.7 Å². The molecule has 2 nitrogen and oxygen atoms in total. The van der Waals surface area contributed by atoms with Gasteiger partial charge in [-0.1, -0.05) is 193 Å². The molecule has 0 fully saturated rings. The van der Waals surface area contributed by atoms with Gasteiger partial charge in [0.2, 0.25) is 0 Å². The maximum Gasteiger partial charge on any atom is 0.0636 e. The Morgan fingerprint density at radius 3 is 0.868 bits per heavy atom. The number of unbranched alkanes of at least 4 members (excludes halogenated alkanes) is 26. The summed E-state index contributed by atoms with van der Waals surface area (Å²) in [5.74, 6) is 0. The Labute approximate surface area is 340 Å². The van der Waals surface area contributed by atoms with Crippen LogP contribution in [0.5, 0.6) is 0 Å². The number of rotatable bonds is 33. The molecule has 0 amide bonds. The molecule has 0 heterocycles. The Morgan fingerprint density at radius 1 is 0.340 bits per heavy atom. The van der Waals surface area contributed by atoms with Crippen LogP contribution in [0.3, 0.4) is 0 Å². The van der Waals surface area contributed by atoms with Crippen molar-refractivity contribution in [3.8, 4) is 0 Å². The van der Waals surface area contributed by atoms with Crippen molar-refractivity contribution in [2.75, 3.05) is 0 Å². The summed E-state index contributed by atoms with van der Waals surface area (Å²) >= 11 is 0. The molecule has 0 aliphatic rings. The largest absolute Gasteiger partial charge is 0.252 e. The van der Waals surface area contributed by atoms with Gasteiger partial charge in [0.15, 0.2) is 0 Å². The van der Waals surface area contributed by atoms with Crippen LogP contribution < -0.4 is 0 Å². The summed E-state index contributed by atoms with van der Waals surface area (Å²) in [4.78, 5) is 10.6. The van der Waals surface area contributed by atoms with Crippen molar-refractivity contribution in [3.05, 3.63) is 58.7 Å². The standard InChI is InChI=1S/C50H84N2.Ni/c1-7-9-11-12-13-14-15-16-17-18-19-20-21-22-23-24-25-26-27-28-29-30-31-32-34-36-50(52-48-40-38-44(4)46(6)42-48)49(35-33-10-8-2)51-47-39-37-43(3)45(5)41-47;/h37-42H,7-36H2,1-6H3;/b51-49+,52-50+;. The van der Waals surface area contributed by atoms with Crippen LogP contribution in [0.1, 0.15) is 229 Å². The predicted octanol–water partition coefficient (Wildman–Crippen LogP) is 17.5. The second kappa shape index (κ2) is 33.6. The quantitative estimate of drug-likeness (QED) is 0.0392. The van der Waals surface area contributed by atoms with E-state index in [2.05, 4.69) is 77.9 Å². The van der Waals surface area contributed by atoms with Crippen molar-refractivity contribution in [3.63, 3.8) is 0 Å². The van der Waals surface area contributed by atoms with E-state index in [0.29, 0.717) is 0 Å². The molecular formula is C50H84N2Ni. The summed E-state index contributed by atoms with van der Waals surface area (Å²) in [7, 11) is 0. The van der Waals surface area contributed by atoms with Gasteiger partial charge in [-0.2, -0.15) is 0 Å². The van der Waals surface area contributed by atoms with Crippen molar-refractivity contribution in [2.45, 2.75) is 234 Å². The molecule has 0 saturated heterocycles. The molecule has 2 aromatic carbocycles. The molecule has 0 saturated carbocycles. The molecule has 3 heteroatoms. The summed E-state index contributed by atoms with van der Waals surface area (Å²) < 4.78 is 0. The minimum atomic E-state index is 0. The van der Waals surface area contributed by atoms with Gasteiger partial charge >= 0.3 is 0 Å². The van der Waals surface area contributed by atoms with E-state index in [1.54, 1.807) is 0 Å². The third kappa shape index (κ3) is 25.1. The van der Waals surface area contributed by atoms with Gasteiger partial charge in [-0.25, -0.2) is 0 Å². The first kappa shape index (κ1) is 49.3.